The summed E-state index contributed by atoms with van der Waals surface area (Å²) in [5.41, 5.74) is 7.53. The number of carbonyl (C=O) groups excluding carboxylic acids is 2. The third-order valence-corrected chi connectivity index (χ3v) is 3.71. The highest BCUT2D eigenvalue weighted by Gasteiger charge is 2.34. The molecular weight excluding hydrogens is 256 g/mol. The van der Waals surface area contributed by atoms with Crippen molar-refractivity contribution in [3.63, 3.8) is 0 Å². The standard InChI is InChI=1S/C15H20N2O3/c1-20-15(19)13-7-4-10-17(13)14(18)9-8-11-5-2-3-6-12(11)16/h2-3,5-6,13H,4,7-10,16H2,1H3. The van der Waals surface area contributed by atoms with Crippen LogP contribution in [0.3, 0.4) is 0 Å². The van der Waals surface area contributed by atoms with E-state index in [1.807, 2.05) is 24.3 Å². The number of carbonyl (C=O) groups is 2. The maximum Gasteiger partial charge on any atom is 0.328 e. The van der Waals surface area contributed by atoms with Crippen LogP contribution in [0.1, 0.15) is 24.8 Å². The second-order valence-corrected chi connectivity index (χ2v) is 4.97. The molecule has 1 heterocycles. The molecule has 0 aromatic heterocycles. The summed E-state index contributed by atoms with van der Waals surface area (Å²) >= 11 is 0. The molecule has 20 heavy (non-hydrogen) atoms. The van der Waals surface area contributed by atoms with Crippen LogP contribution in [0.25, 0.3) is 0 Å². The zero-order chi connectivity index (χ0) is 14.5. The van der Waals surface area contributed by atoms with Gasteiger partial charge in [0.25, 0.3) is 0 Å². The van der Waals surface area contributed by atoms with Crippen LogP contribution >= 0.6 is 0 Å². The number of methoxy groups -OCH3 is 1. The Kier molecular flexibility index (Phi) is 4.61. The number of hydrogen-bond donors (Lipinski definition) is 1. The highest BCUT2D eigenvalue weighted by Crippen LogP contribution is 2.21. The van der Waals surface area contributed by atoms with Crippen LogP contribution in [0.4, 0.5) is 5.69 Å². The smallest absolute Gasteiger partial charge is 0.328 e. The van der Waals surface area contributed by atoms with Gasteiger partial charge in [0.1, 0.15) is 6.04 Å². The van der Waals surface area contributed by atoms with Crippen molar-refractivity contribution in [1.82, 2.24) is 4.90 Å². The number of benzene rings is 1. The lowest BCUT2D eigenvalue weighted by atomic mass is 10.1. The minimum absolute atomic E-state index is 0.0128. The van der Waals surface area contributed by atoms with Gasteiger partial charge in [0.05, 0.1) is 7.11 Å². The molecule has 0 bridgehead atoms. The molecule has 1 amide bonds. The predicted octanol–water partition coefficient (Wildman–Crippen LogP) is 1.37. The Bertz CT molecular complexity index is 502. The van der Waals surface area contributed by atoms with Crippen molar-refractivity contribution in [3.05, 3.63) is 29.8 Å². The monoisotopic (exact) mass is 276 g/mol. The lowest BCUT2D eigenvalue weighted by Crippen LogP contribution is -2.41. The Balaban J connectivity index is 1.95. The second-order valence-electron chi connectivity index (χ2n) is 4.97. The quantitative estimate of drug-likeness (QED) is 0.666. The molecule has 0 spiro atoms. The maximum atomic E-state index is 12.2. The van der Waals surface area contributed by atoms with Crippen molar-refractivity contribution >= 4 is 17.6 Å². The molecule has 1 atom stereocenters. The van der Waals surface area contributed by atoms with E-state index in [2.05, 4.69) is 0 Å². The van der Waals surface area contributed by atoms with Crippen LogP contribution < -0.4 is 5.73 Å². The van der Waals surface area contributed by atoms with E-state index in [1.165, 1.54) is 7.11 Å². The van der Waals surface area contributed by atoms with E-state index >= 15 is 0 Å². The van der Waals surface area contributed by atoms with E-state index in [9.17, 15) is 9.59 Å². The molecule has 0 saturated carbocycles. The highest BCUT2D eigenvalue weighted by molar-refractivity contribution is 5.85. The van der Waals surface area contributed by atoms with E-state index in [0.29, 0.717) is 31.5 Å². The molecule has 1 aliphatic rings. The molecule has 2 rings (SSSR count). The van der Waals surface area contributed by atoms with Crippen molar-refractivity contribution in [1.29, 1.82) is 0 Å². The first-order valence-corrected chi connectivity index (χ1v) is 6.84. The predicted molar refractivity (Wildman–Crippen MR) is 75.9 cm³/mol. The van der Waals surface area contributed by atoms with Crippen molar-refractivity contribution in [2.24, 2.45) is 0 Å². The van der Waals surface area contributed by atoms with Crippen molar-refractivity contribution in [2.75, 3.05) is 19.4 Å². The fraction of sp³-hybridized carbons (Fsp3) is 0.467. The van der Waals surface area contributed by atoms with Gasteiger partial charge in [-0.05, 0) is 30.9 Å². The Morgan fingerprint density at radius 1 is 1.40 bits per heavy atom. The second kappa shape index (κ2) is 6.41. The summed E-state index contributed by atoms with van der Waals surface area (Å²) in [6, 6.07) is 7.11. The summed E-state index contributed by atoms with van der Waals surface area (Å²) in [6.07, 6.45) is 2.49. The Morgan fingerprint density at radius 2 is 2.15 bits per heavy atom. The third kappa shape index (κ3) is 3.10. The van der Waals surface area contributed by atoms with Gasteiger partial charge in [-0.1, -0.05) is 18.2 Å². The van der Waals surface area contributed by atoms with Crippen molar-refractivity contribution < 1.29 is 14.3 Å². The zero-order valence-corrected chi connectivity index (χ0v) is 11.7. The fourth-order valence-electron chi connectivity index (χ4n) is 2.59. The summed E-state index contributed by atoms with van der Waals surface area (Å²) in [7, 11) is 1.36. The molecule has 5 heteroatoms. The van der Waals surface area contributed by atoms with E-state index in [-0.39, 0.29) is 11.9 Å². The first kappa shape index (κ1) is 14.4. The van der Waals surface area contributed by atoms with Gasteiger partial charge in [-0.25, -0.2) is 4.79 Å². The van der Waals surface area contributed by atoms with Gasteiger partial charge in [-0.3, -0.25) is 4.79 Å². The molecule has 0 radical (unpaired) electrons. The molecule has 5 nitrogen and oxygen atoms in total. The highest BCUT2D eigenvalue weighted by atomic mass is 16.5. The topological polar surface area (TPSA) is 72.6 Å². The molecule has 0 aliphatic carbocycles. The number of amides is 1. The Morgan fingerprint density at radius 3 is 2.85 bits per heavy atom. The van der Waals surface area contributed by atoms with Gasteiger partial charge in [-0.2, -0.15) is 0 Å². The average Bonchev–Trinajstić information content (AvgIpc) is 2.94. The molecule has 108 valence electrons. The summed E-state index contributed by atoms with van der Waals surface area (Å²) in [6.45, 7) is 0.628. The van der Waals surface area contributed by atoms with E-state index in [4.69, 9.17) is 10.5 Å². The van der Waals surface area contributed by atoms with Crippen LogP contribution in [0, 0.1) is 0 Å². The molecule has 1 aromatic carbocycles. The number of hydrogen-bond acceptors (Lipinski definition) is 4. The Hall–Kier alpha value is -2.04. The van der Waals surface area contributed by atoms with E-state index < -0.39 is 6.04 Å². The van der Waals surface area contributed by atoms with Crippen LogP contribution in [0.15, 0.2) is 24.3 Å². The number of aryl methyl sites for hydroxylation is 1. The average molecular weight is 276 g/mol. The van der Waals surface area contributed by atoms with Gasteiger partial charge < -0.3 is 15.4 Å². The fourth-order valence-corrected chi connectivity index (χ4v) is 2.59. The number of esters is 1. The number of nitrogen functional groups attached to an aromatic ring is 1. The minimum Gasteiger partial charge on any atom is -0.467 e. The first-order chi connectivity index (χ1) is 9.63. The first-order valence-electron chi connectivity index (χ1n) is 6.84. The molecule has 1 fully saturated rings. The minimum atomic E-state index is -0.416. The summed E-state index contributed by atoms with van der Waals surface area (Å²) < 4.78 is 4.74. The largest absolute Gasteiger partial charge is 0.467 e. The van der Waals surface area contributed by atoms with Crippen LogP contribution in [-0.2, 0) is 20.7 Å². The van der Waals surface area contributed by atoms with Gasteiger partial charge in [0.2, 0.25) is 5.91 Å². The van der Waals surface area contributed by atoms with Crippen molar-refractivity contribution in [2.45, 2.75) is 31.7 Å². The third-order valence-electron chi connectivity index (χ3n) is 3.71. The van der Waals surface area contributed by atoms with E-state index in [1.54, 1.807) is 4.90 Å². The number of nitrogens with zero attached hydrogens (tertiary/aromatic N) is 1. The number of anilines is 1. The Labute approximate surface area is 118 Å². The SMILES string of the molecule is COC(=O)C1CCCN1C(=O)CCc1ccccc1N. The summed E-state index contributed by atoms with van der Waals surface area (Å²) in [5, 5.41) is 0. The zero-order valence-electron chi connectivity index (χ0n) is 11.7. The number of rotatable bonds is 4. The lowest BCUT2D eigenvalue weighted by Gasteiger charge is -2.22. The van der Waals surface area contributed by atoms with Gasteiger partial charge in [-0.15, -0.1) is 0 Å². The van der Waals surface area contributed by atoms with E-state index in [0.717, 1.165) is 12.0 Å². The van der Waals surface area contributed by atoms with Crippen molar-refractivity contribution in [3.8, 4) is 0 Å². The van der Waals surface area contributed by atoms with Gasteiger partial charge in [0, 0.05) is 18.7 Å². The summed E-state index contributed by atoms with van der Waals surface area (Å²) in [5.74, 6) is -0.337. The van der Waals surface area contributed by atoms with Gasteiger partial charge >= 0.3 is 5.97 Å². The number of nitrogens with two attached hydrogens (primary N) is 1. The molecule has 1 unspecified atom stereocenters. The number of likely N-dealkylation sites (tertiary alicyclic amines) is 1. The molecular formula is C15H20N2O3. The van der Waals surface area contributed by atoms with Crippen LogP contribution in [-0.4, -0.2) is 36.5 Å². The number of para-hydroxylation sites is 1. The van der Waals surface area contributed by atoms with Crippen LogP contribution in [0.2, 0.25) is 0 Å². The molecule has 2 N–H and O–H groups in total. The number of ether oxygens (including phenoxy) is 1. The maximum absolute atomic E-state index is 12.2. The molecule has 1 aliphatic heterocycles. The molecule has 1 aromatic rings. The normalized spacial score (nSPS) is 18.1. The van der Waals surface area contributed by atoms with Crippen LogP contribution in [0.5, 0.6) is 0 Å². The van der Waals surface area contributed by atoms with Gasteiger partial charge in [0.15, 0.2) is 0 Å². The lowest BCUT2D eigenvalue weighted by molar-refractivity contribution is -0.150. The summed E-state index contributed by atoms with van der Waals surface area (Å²) in [4.78, 5) is 25.5. The molecule has 1 saturated heterocycles.